The van der Waals surface area contributed by atoms with Gasteiger partial charge >= 0.3 is 0 Å². The minimum atomic E-state index is 0.00284. The summed E-state index contributed by atoms with van der Waals surface area (Å²) in [7, 11) is 0. The maximum Gasteiger partial charge on any atom is 0.225 e. The van der Waals surface area contributed by atoms with Crippen molar-refractivity contribution in [2.45, 2.75) is 19.4 Å². The lowest BCUT2D eigenvalue weighted by atomic mass is 9.97. The van der Waals surface area contributed by atoms with Gasteiger partial charge in [0.2, 0.25) is 5.91 Å². The van der Waals surface area contributed by atoms with Gasteiger partial charge in [0.05, 0.1) is 16.1 Å². The van der Waals surface area contributed by atoms with Crippen molar-refractivity contribution >= 4 is 44.2 Å². The molecule has 26 heavy (non-hydrogen) atoms. The predicted octanol–water partition coefficient (Wildman–Crippen LogP) is 4.48. The average Bonchev–Trinajstić information content (AvgIpc) is 3.12. The quantitative estimate of drug-likeness (QED) is 0.720. The maximum absolute atomic E-state index is 12.6. The molecule has 6 heteroatoms. The molecule has 1 saturated heterocycles. The fourth-order valence-electron chi connectivity index (χ4n) is 3.30. The van der Waals surface area contributed by atoms with Crippen molar-refractivity contribution in [1.29, 1.82) is 0 Å². The van der Waals surface area contributed by atoms with Gasteiger partial charge in [0.25, 0.3) is 0 Å². The van der Waals surface area contributed by atoms with Gasteiger partial charge in [-0.25, -0.2) is 4.98 Å². The molecule has 1 aliphatic rings. The Morgan fingerprint density at radius 2 is 2.04 bits per heavy atom. The summed E-state index contributed by atoms with van der Waals surface area (Å²) in [6, 6.07) is 15.7. The minimum absolute atomic E-state index is 0.00284. The molecule has 0 radical (unpaired) electrons. The number of thiazole rings is 1. The molecule has 0 unspecified atom stereocenters. The number of nitrogens with one attached hydrogen (secondary N) is 1. The third-order valence-corrected chi connectivity index (χ3v) is 6.07. The number of para-hydroxylation sites is 1. The van der Waals surface area contributed by atoms with Crippen LogP contribution >= 0.6 is 22.9 Å². The third kappa shape index (κ3) is 3.84. The highest BCUT2D eigenvalue weighted by atomic mass is 35.5. The molecule has 0 spiro atoms. The van der Waals surface area contributed by atoms with Crippen LogP contribution in [0.1, 0.15) is 18.4 Å². The Morgan fingerprint density at radius 3 is 2.85 bits per heavy atom. The van der Waals surface area contributed by atoms with E-state index >= 15 is 0 Å². The van der Waals surface area contributed by atoms with Gasteiger partial charge in [-0.1, -0.05) is 47.2 Å². The normalized spacial score (nSPS) is 17.4. The number of rotatable bonds is 4. The average molecular weight is 386 g/mol. The molecule has 1 fully saturated rings. The molecule has 1 atom stereocenters. The SMILES string of the molecule is O=C(NCc1ccc(Cl)cc1)[C@H]1CCCN(c2nc3ccccc3s2)C1. The molecule has 4 rings (SSSR count). The van der Waals surface area contributed by atoms with Crippen LogP contribution in [0.25, 0.3) is 10.2 Å². The van der Waals surface area contributed by atoms with Crippen LogP contribution in [0.2, 0.25) is 5.02 Å². The summed E-state index contributed by atoms with van der Waals surface area (Å²) in [6.45, 7) is 2.22. The first-order chi connectivity index (χ1) is 12.7. The lowest BCUT2D eigenvalue weighted by Gasteiger charge is -2.31. The Hall–Kier alpha value is -2.11. The zero-order valence-electron chi connectivity index (χ0n) is 14.3. The molecule has 0 bridgehead atoms. The lowest BCUT2D eigenvalue weighted by molar-refractivity contribution is -0.125. The molecule has 3 aromatic rings. The molecule has 134 valence electrons. The summed E-state index contributed by atoms with van der Waals surface area (Å²) in [6.07, 6.45) is 1.93. The molecular weight excluding hydrogens is 366 g/mol. The Balaban J connectivity index is 1.39. The van der Waals surface area contributed by atoms with Crippen molar-refractivity contribution < 1.29 is 4.79 Å². The molecule has 1 aliphatic heterocycles. The van der Waals surface area contributed by atoms with Crippen molar-refractivity contribution in [3.8, 4) is 0 Å². The van der Waals surface area contributed by atoms with E-state index in [1.165, 1.54) is 4.70 Å². The van der Waals surface area contributed by atoms with Crippen LogP contribution < -0.4 is 10.2 Å². The smallest absolute Gasteiger partial charge is 0.225 e. The van der Waals surface area contributed by atoms with Gasteiger partial charge in [-0.2, -0.15) is 0 Å². The largest absolute Gasteiger partial charge is 0.352 e. The first-order valence-electron chi connectivity index (χ1n) is 8.82. The number of hydrogen-bond acceptors (Lipinski definition) is 4. The van der Waals surface area contributed by atoms with Crippen molar-refractivity contribution in [3.05, 3.63) is 59.1 Å². The van der Waals surface area contributed by atoms with Crippen LogP contribution in [0.15, 0.2) is 48.5 Å². The van der Waals surface area contributed by atoms with E-state index in [0.717, 1.165) is 42.1 Å². The van der Waals surface area contributed by atoms with Gasteiger partial charge in [-0.05, 0) is 42.7 Å². The van der Waals surface area contributed by atoms with Gasteiger partial charge in [-0.3, -0.25) is 4.79 Å². The van der Waals surface area contributed by atoms with Gasteiger partial charge in [0.1, 0.15) is 0 Å². The van der Waals surface area contributed by atoms with E-state index in [1.807, 2.05) is 42.5 Å². The lowest BCUT2D eigenvalue weighted by Crippen LogP contribution is -2.42. The summed E-state index contributed by atoms with van der Waals surface area (Å²) >= 11 is 7.60. The van der Waals surface area contributed by atoms with E-state index in [4.69, 9.17) is 16.6 Å². The molecule has 0 saturated carbocycles. The van der Waals surface area contributed by atoms with Crippen LogP contribution in [-0.2, 0) is 11.3 Å². The molecule has 0 aliphatic carbocycles. The maximum atomic E-state index is 12.6. The van der Waals surface area contributed by atoms with E-state index in [9.17, 15) is 4.79 Å². The third-order valence-electron chi connectivity index (χ3n) is 4.73. The van der Waals surface area contributed by atoms with Crippen molar-refractivity contribution in [2.24, 2.45) is 5.92 Å². The molecular formula is C20H20ClN3OS. The summed E-state index contributed by atoms with van der Waals surface area (Å²) in [4.78, 5) is 19.6. The number of anilines is 1. The summed E-state index contributed by atoms with van der Waals surface area (Å²) < 4.78 is 1.19. The van der Waals surface area contributed by atoms with Crippen LogP contribution in [-0.4, -0.2) is 24.0 Å². The van der Waals surface area contributed by atoms with Gasteiger partial charge in [0.15, 0.2) is 5.13 Å². The number of halogens is 1. The first-order valence-corrected chi connectivity index (χ1v) is 10.0. The van der Waals surface area contributed by atoms with E-state index in [0.29, 0.717) is 11.6 Å². The second-order valence-corrected chi connectivity index (χ2v) is 8.04. The Bertz CT molecular complexity index is 876. The molecule has 4 nitrogen and oxygen atoms in total. The minimum Gasteiger partial charge on any atom is -0.352 e. The number of nitrogens with zero attached hydrogens (tertiary/aromatic N) is 2. The highest BCUT2D eigenvalue weighted by molar-refractivity contribution is 7.22. The number of hydrogen-bond donors (Lipinski definition) is 1. The first kappa shape index (κ1) is 17.3. The zero-order chi connectivity index (χ0) is 17.9. The molecule has 1 N–H and O–H groups in total. The van der Waals surface area contributed by atoms with Gasteiger partial charge < -0.3 is 10.2 Å². The number of carbonyl (C=O) groups is 1. The van der Waals surface area contributed by atoms with Crippen molar-refractivity contribution in [1.82, 2.24) is 10.3 Å². The highest BCUT2D eigenvalue weighted by Gasteiger charge is 2.27. The monoisotopic (exact) mass is 385 g/mol. The van der Waals surface area contributed by atoms with E-state index in [2.05, 4.69) is 16.3 Å². The Labute approximate surface area is 161 Å². The van der Waals surface area contributed by atoms with Crippen LogP contribution in [0.4, 0.5) is 5.13 Å². The molecule has 1 aromatic heterocycles. The number of amides is 1. The second kappa shape index (κ2) is 7.64. The molecule has 2 aromatic carbocycles. The number of aromatic nitrogens is 1. The molecule has 2 heterocycles. The summed E-state index contributed by atoms with van der Waals surface area (Å²) in [5.41, 5.74) is 2.09. The van der Waals surface area contributed by atoms with E-state index in [1.54, 1.807) is 11.3 Å². The second-order valence-electron chi connectivity index (χ2n) is 6.59. The van der Waals surface area contributed by atoms with Gasteiger partial charge in [0, 0.05) is 24.7 Å². The number of fused-ring (bicyclic) bond motifs is 1. The van der Waals surface area contributed by atoms with E-state index in [-0.39, 0.29) is 11.8 Å². The van der Waals surface area contributed by atoms with Crippen LogP contribution in [0, 0.1) is 5.92 Å². The van der Waals surface area contributed by atoms with E-state index < -0.39 is 0 Å². The zero-order valence-corrected chi connectivity index (χ0v) is 15.9. The van der Waals surface area contributed by atoms with Crippen LogP contribution in [0.3, 0.4) is 0 Å². The number of carbonyl (C=O) groups excluding carboxylic acids is 1. The standard InChI is InChI=1S/C20H20ClN3OS/c21-16-9-7-14(8-10-16)12-22-19(25)15-4-3-11-24(13-15)20-23-17-5-1-2-6-18(17)26-20/h1-2,5-10,15H,3-4,11-13H2,(H,22,25)/t15-/m0/s1. The van der Waals surface area contributed by atoms with Gasteiger partial charge in [-0.15, -0.1) is 0 Å². The topological polar surface area (TPSA) is 45.2 Å². The number of benzene rings is 2. The summed E-state index contributed by atoms with van der Waals surface area (Å²) in [5, 5.41) is 4.78. The van der Waals surface area contributed by atoms with Crippen molar-refractivity contribution in [3.63, 3.8) is 0 Å². The highest BCUT2D eigenvalue weighted by Crippen LogP contribution is 2.31. The predicted molar refractivity (Wildman–Crippen MR) is 108 cm³/mol. The van der Waals surface area contributed by atoms with Crippen LogP contribution in [0.5, 0.6) is 0 Å². The van der Waals surface area contributed by atoms with Crippen molar-refractivity contribution in [2.75, 3.05) is 18.0 Å². The Morgan fingerprint density at radius 1 is 1.23 bits per heavy atom. The summed E-state index contributed by atoms with van der Waals surface area (Å²) in [5.74, 6) is 0.119. The Kier molecular flexibility index (Phi) is 5.09. The molecule has 1 amide bonds. The fourth-order valence-corrected chi connectivity index (χ4v) is 4.42. The number of piperidine rings is 1. The fraction of sp³-hybridized carbons (Fsp3) is 0.300.